The van der Waals surface area contributed by atoms with Gasteiger partial charge in [0.2, 0.25) is 11.5 Å². The molecule has 0 unspecified atom stereocenters. The maximum Gasteiger partial charge on any atom is 0.418 e. The number of imide groups is 1. The van der Waals surface area contributed by atoms with Gasteiger partial charge in [0.05, 0.1) is 0 Å². The van der Waals surface area contributed by atoms with E-state index in [-0.39, 0.29) is 12.0 Å². The van der Waals surface area contributed by atoms with Gasteiger partial charge in [0.15, 0.2) is 0 Å². The topological polar surface area (TPSA) is 79.8 Å². The van der Waals surface area contributed by atoms with Crippen LogP contribution in [0.2, 0.25) is 0 Å². The van der Waals surface area contributed by atoms with Gasteiger partial charge in [0.25, 0.3) is 5.91 Å². The molecule has 2 aliphatic rings. The van der Waals surface area contributed by atoms with Crippen LogP contribution >= 0.6 is 11.3 Å². The molecule has 1 saturated heterocycles. The summed E-state index contributed by atoms with van der Waals surface area (Å²) in [6.45, 7) is -0.613. The number of aromatic nitrogens is 1. The number of hydrogen-bond acceptors (Lipinski definition) is 6. The Balaban J connectivity index is 1.39. The van der Waals surface area contributed by atoms with Crippen LogP contribution in [-0.4, -0.2) is 51.5 Å². The Labute approximate surface area is 218 Å². The Morgan fingerprint density at radius 3 is 2.61 bits per heavy atom. The molecule has 0 bridgehead atoms. The Hall–Kier alpha value is -3.80. The standard InChI is InChI=1S/C26H21F4N3O4S/c1-15(26(28,29)30)32(13-16-2-5-19(27)6-3-16)21(34)14-33-23(35)25(37-24(33)36)9-8-17-12-18(4-7-20(17)25)22-31-10-11-38-22/h2-7,10-12,15H,8-9,13-14H2,1H3/t15-,25+/m0/s1. The van der Waals surface area contributed by atoms with E-state index >= 15 is 0 Å². The number of benzene rings is 2. The first-order chi connectivity index (χ1) is 18.0. The molecule has 38 heavy (non-hydrogen) atoms. The molecule has 7 nitrogen and oxygen atoms in total. The van der Waals surface area contributed by atoms with Crippen molar-refractivity contribution in [1.29, 1.82) is 0 Å². The predicted octanol–water partition coefficient (Wildman–Crippen LogP) is 5.05. The number of ether oxygens (including phenoxy) is 1. The molecule has 0 saturated carbocycles. The molecule has 1 spiro atoms. The van der Waals surface area contributed by atoms with Crippen LogP contribution in [0.3, 0.4) is 0 Å². The van der Waals surface area contributed by atoms with Crippen molar-refractivity contribution in [3.63, 3.8) is 0 Å². The second-order valence-corrected chi connectivity index (χ2v) is 10.1. The second kappa shape index (κ2) is 9.50. The lowest BCUT2D eigenvalue weighted by atomic mass is 9.94. The number of fused-ring (bicyclic) bond motifs is 2. The van der Waals surface area contributed by atoms with E-state index in [1.807, 2.05) is 11.4 Å². The third-order valence-corrected chi connectivity index (χ3v) is 7.68. The fraction of sp³-hybridized carbons (Fsp3) is 0.308. The van der Waals surface area contributed by atoms with E-state index in [2.05, 4.69) is 4.98 Å². The zero-order chi connectivity index (χ0) is 27.2. The van der Waals surface area contributed by atoms with Gasteiger partial charge in [0, 0.05) is 35.7 Å². The summed E-state index contributed by atoms with van der Waals surface area (Å²) in [7, 11) is 0. The van der Waals surface area contributed by atoms with Crippen molar-refractivity contribution >= 4 is 29.2 Å². The lowest BCUT2D eigenvalue weighted by Crippen LogP contribution is -2.51. The first kappa shape index (κ1) is 25.8. The molecule has 1 fully saturated rings. The van der Waals surface area contributed by atoms with Gasteiger partial charge in [-0.05, 0) is 42.7 Å². The average molecular weight is 548 g/mol. The van der Waals surface area contributed by atoms with Gasteiger partial charge in [-0.2, -0.15) is 13.2 Å². The van der Waals surface area contributed by atoms with E-state index in [4.69, 9.17) is 4.74 Å². The normalized spacial score (nSPS) is 19.6. The van der Waals surface area contributed by atoms with Gasteiger partial charge >= 0.3 is 12.3 Å². The van der Waals surface area contributed by atoms with Crippen molar-refractivity contribution in [1.82, 2.24) is 14.8 Å². The van der Waals surface area contributed by atoms with Crippen molar-refractivity contribution in [2.45, 2.75) is 44.1 Å². The van der Waals surface area contributed by atoms with E-state index in [0.29, 0.717) is 21.8 Å². The summed E-state index contributed by atoms with van der Waals surface area (Å²) in [6, 6.07) is 7.75. The molecule has 2 atom stereocenters. The van der Waals surface area contributed by atoms with Gasteiger partial charge in [-0.15, -0.1) is 11.3 Å². The van der Waals surface area contributed by atoms with Crippen molar-refractivity contribution in [3.8, 4) is 10.6 Å². The van der Waals surface area contributed by atoms with Crippen LogP contribution in [-0.2, 0) is 32.9 Å². The molecule has 3 amide bonds. The number of amides is 3. The fourth-order valence-electron chi connectivity index (χ4n) is 4.78. The number of halogens is 4. The monoisotopic (exact) mass is 547 g/mol. The maximum absolute atomic E-state index is 13.6. The molecule has 2 aromatic carbocycles. The molecule has 1 aliphatic heterocycles. The van der Waals surface area contributed by atoms with Crippen molar-refractivity contribution in [2.24, 2.45) is 0 Å². The Bertz CT molecular complexity index is 1390. The Kier molecular flexibility index (Phi) is 6.46. The molecule has 1 aromatic heterocycles. The Morgan fingerprint density at radius 1 is 1.21 bits per heavy atom. The van der Waals surface area contributed by atoms with Crippen molar-refractivity contribution < 1.29 is 36.7 Å². The third kappa shape index (κ3) is 4.53. The van der Waals surface area contributed by atoms with E-state index in [1.54, 1.807) is 18.3 Å². The number of nitrogens with zero attached hydrogens (tertiary/aromatic N) is 3. The minimum Gasteiger partial charge on any atom is -0.427 e. The van der Waals surface area contributed by atoms with Gasteiger partial charge in [-0.25, -0.2) is 19.1 Å². The number of thiazole rings is 1. The second-order valence-electron chi connectivity index (χ2n) is 9.16. The number of hydrogen-bond donors (Lipinski definition) is 0. The highest BCUT2D eigenvalue weighted by atomic mass is 32.1. The van der Waals surface area contributed by atoms with Crippen LogP contribution < -0.4 is 0 Å². The largest absolute Gasteiger partial charge is 0.427 e. The summed E-state index contributed by atoms with van der Waals surface area (Å²) < 4.78 is 59.6. The molecule has 0 N–H and O–H groups in total. The van der Waals surface area contributed by atoms with Gasteiger partial charge in [0.1, 0.15) is 23.4 Å². The van der Waals surface area contributed by atoms with Gasteiger partial charge < -0.3 is 9.64 Å². The van der Waals surface area contributed by atoms with Gasteiger partial charge in [-0.3, -0.25) is 9.59 Å². The zero-order valence-electron chi connectivity index (χ0n) is 20.0. The SMILES string of the molecule is C[C@H](N(Cc1ccc(F)cc1)C(=O)CN1C(=O)O[C@@]2(CCc3cc(-c4nccs4)ccc32)C1=O)C(F)(F)F. The minimum absolute atomic E-state index is 0.150. The third-order valence-electron chi connectivity index (χ3n) is 6.86. The summed E-state index contributed by atoms with van der Waals surface area (Å²) in [4.78, 5) is 44.7. The molecular weight excluding hydrogens is 526 g/mol. The summed E-state index contributed by atoms with van der Waals surface area (Å²) in [5, 5.41) is 2.62. The van der Waals surface area contributed by atoms with Crippen molar-refractivity contribution in [3.05, 3.63) is 76.5 Å². The zero-order valence-corrected chi connectivity index (χ0v) is 20.8. The summed E-state index contributed by atoms with van der Waals surface area (Å²) >= 11 is 1.45. The molecule has 5 rings (SSSR count). The van der Waals surface area contributed by atoms with Crippen LogP contribution in [0.5, 0.6) is 0 Å². The molecule has 1 aliphatic carbocycles. The number of rotatable bonds is 6. The molecule has 0 radical (unpaired) electrons. The highest BCUT2D eigenvalue weighted by Gasteiger charge is 2.58. The number of alkyl halides is 3. The number of carbonyl (C=O) groups excluding carboxylic acids is 3. The number of carbonyl (C=O) groups is 3. The van der Waals surface area contributed by atoms with Crippen LogP contribution in [0.25, 0.3) is 10.6 Å². The lowest BCUT2D eigenvalue weighted by molar-refractivity contribution is -0.187. The summed E-state index contributed by atoms with van der Waals surface area (Å²) in [5.74, 6) is -2.47. The fourth-order valence-corrected chi connectivity index (χ4v) is 5.42. The summed E-state index contributed by atoms with van der Waals surface area (Å²) in [5.41, 5.74) is 0.736. The summed E-state index contributed by atoms with van der Waals surface area (Å²) in [6.07, 6.45) is -3.62. The molecular formula is C26H21F4N3O4S. The number of aryl methyl sites for hydroxylation is 1. The van der Waals surface area contributed by atoms with Gasteiger partial charge in [-0.1, -0.05) is 24.3 Å². The first-order valence-electron chi connectivity index (χ1n) is 11.7. The highest BCUT2D eigenvalue weighted by Crippen LogP contribution is 2.46. The minimum atomic E-state index is -4.77. The predicted molar refractivity (Wildman–Crippen MR) is 128 cm³/mol. The maximum atomic E-state index is 13.6. The Morgan fingerprint density at radius 2 is 1.95 bits per heavy atom. The van der Waals surface area contributed by atoms with E-state index in [0.717, 1.165) is 35.2 Å². The quantitative estimate of drug-likeness (QED) is 0.404. The van der Waals surface area contributed by atoms with Crippen LogP contribution in [0.15, 0.2) is 54.0 Å². The van der Waals surface area contributed by atoms with Crippen LogP contribution in [0, 0.1) is 5.82 Å². The van der Waals surface area contributed by atoms with E-state index in [1.165, 1.54) is 23.5 Å². The molecule has 12 heteroatoms. The average Bonchev–Trinajstić information content (AvgIpc) is 3.59. The highest BCUT2D eigenvalue weighted by molar-refractivity contribution is 7.13. The first-order valence-corrected chi connectivity index (χ1v) is 12.6. The van der Waals surface area contributed by atoms with E-state index in [9.17, 15) is 31.9 Å². The lowest BCUT2D eigenvalue weighted by Gasteiger charge is -2.31. The molecule has 3 aromatic rings. The van der Waals surface area contributed by atoms with Crippen LogP contribution in [0.1, 0.15) is 30.0 Å². The van der Waals surface area contributed by atoms with E-state index < -0.39 is 54.6 Å². The smallest absolute Gasteiger partial charge is 0.418 e. The van der Waals surface area contributed by atoms with Crippen molar-refractivity contribution in [2.75, 3.05) is 6.54 Å². The van der Waals surface area contributed by atoms with Crippen LogP contribution in [0.4, 0.5) is 22.4 Å². The molecule has 2 heterocycles. The molecule has 198 valence electrons.